The van der Waals surface area contributed by atoms with Gasteiger partial charge in [-0.1, -0.05) is 43.7 Å². The zero-order chi connectivity index (χ0) is 25.3. The predicted molar refractivity (Wildman–Crippen MR) is 134 cm³/mol. The summed E-state index contributed by atoms with van der Waals surface area (Å²) in [5.41, 5.74) is 1.94. The van der Waals surface area contributed by atoms with Crippen molar-refractivity contribution in [3.8, 4) is 0 Å². The molecule has 1 N–H and O–H groups in total. The third-order valence-corrected chi connectivity index (χ3v) is 8.11. The number of rotatable bonds is 7. The third kappa shape index (κ3) is 5.18. The van der Waals surface area contributed by atoms with Gasteiger partial charge in [-0.15, -0.1) is 0 Å². The van der Waals surface area contributed by atoms with Crippen LogP contribution in [0.2, 0.25) is 0 Å². The molecule has 2 aromatic carbocycles. The van der Waals surface area contributed by atoms with E-state index in [4.69, 9.17) is 0 Å². The second-order valence-corrected chi connectivity index (χ2v) is 11.8. The molecule has 1 aliphatic heterocycles. The number of carbonyl (C=O) groups excluding carboxylic acids is 2. The Bertz CT molecular complexity index is 1180. The molecule has 0 aliphatic carbocycles. The minimum absolute atomic E-state index is 0.105. The van der Waals surface area contributed by atoms with E-state index >= 15 is 0 Å². The Kier molecular flexibility index (Phi) is 7.53. The van der Waals surface area contributed by atoms with Crippen LogP contribution in [0.5, 0.6) is 0 Å². The maximum atomic E-state index is 13.6. The van der Waals surface area contributed by atoms with Crippen LogP contribution in [0.25, 0.3) is 0 Å². The van der Waals surface area contributed by atoms with Crippen molar-refractivity contribution in [3.63, 3.8) is 0 Å². The van der Waals surface area contributed by atoms with E-state index in [2.05, 4.69) is 19.2 Å². The minimum atomic E-state index is -3.97. The summed E-state index contributed by atoms with van der Waals surface area (Å²) in [6.45, 7) is 11.4. The summed E-state index contributed by atoms with van der Waals surface area (Å²) in [6.07, 6.45) is 0.782. The van der Waals surface area contributed by atoms with Crippen molar-refractivity contribution >= 4 is 27.5 Å². The number of carbonyl (C=O) groups is 2. The number of nitrogens with zero attached hydrogens (tertiary/aromatic N) is 2. The Morgan fingerprint density at radius 1 is 1.06 bits per heavy atom. The normalized spacial score (nSPS) is 19.5. The number of anilines is 1. The maximum absolute atomic E-state index is 13.6. The van der Waals surface area contributed by atoms with E-state index in [9.17, 15) is 18.0 Å². The summed E-state index contributed by atoms with van der Waals surface area (Å²) in [6, 6.07) is 12.2. The second kappa shape index (κ2) is 9.88. The van der Waals surface area contributed by atoms with Gasteiger partial charge in [0.05, 0.1) is 11.4 Å². The zero-order valence-electron chi connectivity index (χ0n) is 20.9. The molecule has 1 saturated heterocycles. The van der Waals surface area contributed by atoms with Crippen LogP contribution >= 0.6 is 0 Å². The molecule has 7 nitrogen and oxygen atoms in total. The molecule has 1 atom stereocenters. The van der Waals surface area contributed by atoms with Gasteiger partial charge < -0.3 is 5.32 Å². The first-order valence-electron chi connectivity index (χ1n) is 11.6. The molecule has 0 bridgehead atoms. The molecule has 0 saturated carbocycles. The van der Waals surface area contributed by atoms with Crippen molar-refractivity contribution in [2.75, 3.05) is 24.5 Å². The number of aryl methyl sites for hydroxylation is 3. The van der Waals surface area contributed by atoms with Crippen LogP contribution in [0.3, 0.4) is 0 Å². The first kappa shape index (κ1) is 25.9. The van der Waals surface area contributed by atoms with E-state index in [1.54, 1.807) is 19.1 Å². The number of hydrogen-bond acceptors (Lipinski definition) is 4. The van der Waals surface area contributed by atoms with E-state index in [0.717, 1.165) is 27.4 Å². The largest absolute Gasteiger partial charge is 0.354 e. The summed E-state index contributed by atoms with van der Waals surface area (Å²) < 4.78 is 28.0. The van der Waals surface area contributed by atoms with Gasteiger partial charge in [0.2, 0.25) is 21.8 Å². The molecule has 184 valence electrons. The van der Waals surface area contributed by atoms with Crippen LogP contribution in [-0.4, -0.2) is 49.7 Å². The molecule has 34 heavy (non-hydrogen) atoms. The highest BCUT2D eigenvalue weighted by Crippen LogP contribution is 2.34. The zero-order valence-corrected chi connectivity index (χ0v) is 21.7. The Morgan fingerprint density at radius 2 is 1.68 bits per heavy atom. The van der Waals surface area contributed by atoms with Crippen LogP contribution in [0.1, 0.15) is 43.9 Å². The van der Waals surface area contributed by atoms with Gasteiger partial charge in [0.25, 0.3) is 0 Å². The lowest BCUT2D eigenvalue weighted by Gasteiger charge is -2.47. The fourth-order valence-corrected chi connectivity index (χ4v) is 5.67. The van der Waals surface area contributed by atoms with Gasteiger partial charge in [-0.2, -0.15) is 4.31 Å². The molecule has 0 aromatic heterocycles. The Balaban J connectivity index is 2.05. The monoisotopic (exact) mass is 485 g/mol. The Labute approximate surface area is 203 Å². The highest BCUT2D eigenvalue weighted by atomic mass is 32.2. The summed E-state index contributed by atoms with van der Waals surface area (Å²) >= 11 is 0. The number of nitrogens with one attached hydrogen (secondary N) is 1. The molecular weight excluding hydrogens is 450 g/mol. The smallest absolute Gasteiger partial charge is 0.247 e. The van der Waals surface area contributed by atoms with Crippen LogP contribution in [-0.2, 0) is 19.6 Å². The van der Waals surface area contributed by atoms with Crippen molar-refractivity contribution in [3.05, 3.63) is 59.2 Å². The second-order valence-electron chi connectivity index (χ2n) is 9.82. The van der Waals surface area contributed by atoms with Gasteiger partial charge in [0, 0.05) is 18.8 Å². The van der Waals surface area contributed by atoms with Gasteiger partial charge in [-0.25, -0.2) is 8.42 Å². The summed E-state index contributed by atoms with van der Waals surface area (Å²) in [5.74, 6) is -0.405. The van der Waals surface area contributed by atoms with Gasteiger partial charge in [0.1, 0.15) is 5.54 Å². The molecule has 1 heterocycles. The molecule has 1 fully saturated rings. The average Bonchev–Trinajstić information content (AvgIpc) is 2.75. The number of hydrogen-bond donors (Lipinski definition) is 1. The Hall–Kier alpha value is -2.71. The van der Waals surface area contributed by atoms with Crippen LogP contribution in [0.15, 0.2) is 47.4 Å². The molecule has 2 amide bonds. The third-order valence-electron chi connectivity index (χ3n) is 6.30. The van der Waals surface area contributed by atoms with Crippen LogP contribution in [0.4, 0.5) is 5.69 Å². The molecule has 0 unspecified atom stereocenters. The molecule has 8 heteroatoms. The SMILES string of the molecule is Cc1ccc(S(=O)(=O)N2CC(=O)N(c3cc(C)ccc3C)[C@@](C)(C(=O)NCCC(C)C)C2)cc1. The lowest BCUT2D eigenvalue weighted by atomic mass is 9.93. The summed E-state index contributed by atoms with van der Waals surface area (Å²) in [4.78, 5) is 28.7. The Morgan fingerprint density at radius 3 is 2.29 bits per heavy atom. The first-order valence-corrected chi connectivity index (χ1v) is 13.1. The van der Waals surface area contributed by atoms with Crippen LogP contribution in [0, 0.1) is 26.7 Å². The van der Waals surface area contributed by atoms with Crippen molar-refractivity contribution in [2.45, 2.75) is 58.4 Å². The van der Waals surface area contributed by atoms with Crippen molar-refractivity contribution in [2.24, 2.45) is 5.92 Å². The minimum Gasteiger partial charge on any atom is -0.354 e. The number of benzene rings is 2. The van der Waals surface area contributed by atoms with E-state index in [-0.39, 0.29) is 23.9 Å². The molecule has 1 aliphatic rings. The fraction of sp³-hybridized carbons (Fsp3) is 0.462. The number of sulfonamides is 1. The average molecular weight is 486 g/mol. The molecule has 0 radical (unpaired) electrons. The first-order chi connectivity index (χ1) is 15.9. The highest BCUT2D eigenvalue weighted by molar-refractivity contribution is 7.89. The predicted octanol–water partition coefficient (Wildman–Crippen LogP) is 3.57. The van der Waals surface area contributed by atoms with Crippen molar-refractivity contribution < 1.29 is 18.0 Å². The van der Waals surface area contributed by atoms with Crippen LogP contribution < -0.4 is 10.2 Å². The topological polar surface area (TPSA) is 86.8 Å². The summed E-state index contributed by atoms with van der Waals surface area (Å²) in [7, 11) is -3.97. The highest BCUT2D eigenvalue weighted by Gasteiger charge is 2.51. The summed E-state index contributed by atoms with van der Waals surface area (Å²) in [5, 5.41) is 2.94. The van der Waals surface area contributed by atoms with Gasteiger partial charge in [-0.05, 0) is 69.4 Å². The number of piperazine rings is 1. The standard InChI is InChI=1S/C26H35N3O4S/c1-18(2)13-14-27-25(31)26(6)17-28(34(32,33)22-11-8-19(3)9-12-22)16-24(30)29(26)23-15-20(4)7-10-21(23)5/h7-12,15,18H,13-14,16-17H2,1-6H3,(H,27,31)/t26-/m1/s1. The van der Waals surface area contributed by atoms with E-state index in [1.807, 2.05) is 39.0 Å². The van der Waals surface area contributed by atoms with E-state index in [1.165, 1.54) is 17.0 Å². The van der Waals surface area contributed by atoms with Crippen molar-refractivity contribution in [1.82, 2.24) is 9.62 Å². The maximum Gasteiger partial charge on any atom is 0.247 e. The molecule has 3 rings (SSSR count). The lowest BCUT2D eigenvalue weighted by molar-refractivity contribution is -0.132. The number of amides is 2. The molecular formula is C26H35N3O4S. The molecule has 0 spiro atoms. The van der Waals surface area contributed by atoms with Crippen molar-refractivity contribution in [1.29, 1.82) is 0 Å². The van der Waals surface area contributed by atoms with Gasteiger partial charge >= 0.3 is 0 Å². The quantitative estimate of drug-likeness (QED) is 0.650. The fourth-order valence-electron chi connectivity index (χ4n) is 4.19. The van der Waals surface area contributed by atoms with E-state index in [0.29, 0.717) is 18.2 Å². The van der Waals surface area contributed by atoms with Gasteiger partial charge in [0.15, 0.2) is 0 Å². The lowest BCUT2D eigenvalue weighted by Crippen LogP contribution is -2.70. The van der Waals surface area contributed by atoms with Gasteiger partial charge in [-0.3, -0.25) is 14.5 Å². The molecule has 2 aromatic rings. The van der Waals surface area contributed by atoms with E-state index < -0.39 is 21.5 Å².